The van der Waals surface area contributed by atoms with Crippen LogP contribution < -0.4 is 0 Å². The number of carbonyl (C=O) groups is 1. The van der Waals surface area contributed by atoms with Crippen LogP contribution in [0.15, 0.2) is 42.5 Å². The highest BCUT2D eigenvalue weighted by atomic mass is 16.1. The van der Waals surface area contributed by atoms with E-state index in [1.807, 2.05) is 38.1 Å². The van der Waals surface area contributed by atoms with Crippen molar-refractivity contribution in [2.24, 2.45) is 0 Å². The quantitative estimate of drug-likeness (QED) is 0.708. The maximum absolute atomic E-state index is 12.5. The van der Waals surface area contributed by atoms with E-state index in [-0.39, 0.29) is 5.78 Å². The van der Waals surface area contributed by atoms with E-state index in [1.165, 1.54) is 11.1 Å². The summed E-state index contributed by atoms with van der Waals surface area (Å²) in [5.41, 5.74) is 5.09. The molecule has 0 aliphatic rings. The molecule has 0 spiro atoms. The Morgan fingerprint density at radius 1 is 1.05 bits per heavy atom. The zero-order chi connectivity index (χ0) is 14.7. The fourth-order valence-corrected chi connectivity index (χ4v) is 2.42. The van der Waals surface area contributed by atoms with Crippen molar-refractivity contribution in [2.75, 3.05) is 0 Å². The lowest BCUT2D eigenvalue weighted by Crippen LogP contribution is -2.04. The molecule has 0 aliphatic heterocycles. The molecule has 0 heterocycles. The average Bonchev–Trinajstić information content (AvgIpc) is 2.46. The number of aryl methyl sites for hydroxylation is 2. The molecule has 0 aliphatic carbocycles. The molecular weight excluding hydrogens is 244 g/mol. The van der Waals surface area contributed by atoms with E-state index in [0.29, 0.717) is 5.92 Å². The van der Waals surface area contributed by atoms with E-state index in [0.717, 1.165) is 23.1 Å². The van der Waals surface area contributed by atoms with Crippen LogP contribution in [0.1, 0.15) is 58.8 Å². The molecule has 0 saturated carbocycles. The third-order valence-corrected chi connectivity index (χ3v) is 3.98. The van der Waals surface area contributed by atoms with Gasteiger partial charge in [0.15, 0.2) is 5.78 Å². The van der Waals surface area contributed by atoms with Gasteiger partial charge in [0.25, 0.3) is 0 Å². The highest BCUT2D eigenvalue weighted by Crippen LogP contribution is 2.21. The summed E-state index contributed by atoms with van der Waals surface area (Å²) in [4.78, 5) is 12.5. The summed E-state index contributed by atoms with van der Waals surface area (Å²) in [7, 11) is 0. The molecule has 1 heteroatoms. The largest absolute Gasteiger partial charge is 0.289 e. The van der Waals surface area contributed by atoms with Crippen molar-refractivity contribution >= 4 is 5.78 Å². The zero-order valence-electron chi connectivity index (χ0n) is 12.7. The number of hydrogen-bond acceptors (Lipinski definition) is 1. The number of benzene rings is 2. The Hall–Kier alpha value is -1.89. The number of hydrogen-bond donors (Lipinski definition) is 0. The van der Waals surface area contributed by atoms with E-state index in [2.05, 4.69) is 32.0 Å². The first-order valence-electron chi connectivity index (χ1n) is 7.24. The van der Waals surface area contributed by atoms with Crippen molar-refractivity contribution in [3.05, 3.63) is 70.3 Å². The summed E-state index contributed by atoms with van der Waals surface area (Å²) in [5.74, 6) is 0.651. The minimum Gasteiger partial charge on any atom is -0.289 e. The van der Waals surface area contributed by atoms with Gasteiger partial charge in [0.1, 0.15) is 0 Å². The summed E-state index contributed by atoms with van der Waals surface area (Å²) in [6.07, 6.45) is 1.12. The van der Waals surface area contributed by atoms with Gasteiger partial charge in [-0.15, -0.1) is 0 Å². The molecule has 2 aromatic carbocycles. The van der Waals surface area contributed by atoms with Crippen LogP contribution in [0.5, 0.6) is 0 Å². The van der Waals surface area contributed by atoms with E-state index in [1.54, 1.807) is 0 Å². The fourth-order valence-electron chi connectivity index (χ4n) is 2.42. The standard InChI is InChI=1S/C19H22O/c1-5-14(3)16-7-9-17(10-8-16)19(20)18-11-6-13(2)12-15(18)4/h6-12,14H,5H2,1-4H3. The Labute approximate surface area is 121 Å². The van der Waals surface area contributed by atoms with Crippen LogP contribution in [-0.2, 0) is 0 Å². The zero-order valence-corrected chi connectivity index (χ0v) is 12.7. The summed E-state index contributed by atoms with van der Waals surface area (Å²) in [6.45, 7) is 8.43. The molecule has 0 amide bonds. The Balaban J connectivity index is 2.29. The molecule has 1 atom stereocenters. The van der Waals surface area contributed by atoms with E-state index >= 15 is 0 Å². The maximum Gasteiger partial charge on any atom is 0.193 e. The minimum atomic E-state index is 0.109. The fraction of sp³-hybridized carbons (Fsp3) is 0.316. The summed E-state index contributed by atoms with van der Waals surface area (Å²) in [6, 6.07) is 14.0. The van der Waals surface area contributed by atoms with Gasteiger partial charge in [-0.25, -0.2) is 0 Å². The SMILES string of the molecule is CCC(C)c1ccc(C(=O)c2ccc(C)cc2C)cc1. The number of carbonyl (C=O) groups excluding carboxylic acids is 1. The monoisotopic (exact) mass is 266 g/mol. The lowest BCUT2D eigenvalue weighted by atomic mass is 9.94. The van der Waals surface area contributed by atoms with Crippen molar-refractivity contribution < 1.29 is 4.79 Å². The molecule has 2 rings (SSSR count). The highest BCUT2D eigenvalue weighted by molar-refractivity contribution is 6.09. The van der Waals surface area contributed by atoms with Crippen molar-refractivity contribution in [1.29, 1.82) is 0 Å². The van der Waals surface area contributed by atoms with Crippen LogP contribution in [0.2, 0.25) is 0 Å². The van der Waals surface area contributed by atoms with Crippen molar-refractivity contribution in [2.45, 2.75) is 40.0 Å². The van der Waals surface area contributed by atoms with Crippen molar-refractivity contribution in [1.82, 2.24) is 0 Å². The van der Waals surface area contributed by atoms with Gasteiger partial charge < -0.3 is 0 Å². The second kappa shape index (κ2) is 6.04. The molecule has 0 aromatic heterocycles. The third-order valence-electron chi connectivity index (χ3n) is 3.98. The lowest BCUT2D eigenvalue weighted by Gasteiger charge is -2.10. The second-order valence-electron chi connectivity index (χ2n) is 5.58. The number of rotatable bonds is 4. The highest BCUT2D eigenvalue weighted by Gasteiger charge is 2.12. The first-order valence-corrected chi connectivity index (χ1v) is 7.24. The molecule has 0 saturated heterocycles. The summed E-state index contributed by atoms with van der Waals surface area (Å²) < 4.78 is 0. The number of ketones is 1. The molecule has 104 valence electrons. The van der Waals surface area contributed by atoms with Crippen LogP contribution >= 0.6 is 0 Å². The van der Waals surface area contributed by atoms with Crippen LogP contribution in [0.25, 0.3) is 0 Å². The molecule has 20 heavy (non-hydrogen) atoms. The lowest BCUT2D eigenvalue weighted by molar-refractivity contribution is 0.103. The Morgan fingerprint density at radius 2 is 1.70 bits per heavy atom. The first-order chi connectivity index (χ1) is 9.52. The molecule has 2 aromatic rings. The van der Waals surface area contributed by atoms with Crippen molar-refractivity contribution in [3.63, 3.8) is 0 Å². The van der Waals surface area contributed by atoms with Gasteiger partial charge in [0, 0.05) is 11.1 Å². The van der Waals surface area contributed by atoms with Gasteiger partial charge in [0.05, 0.1) is 0 Å². The smallest absolute Gasteiger partial charge is 0.193 e. The molecule has 0 fully saturated rings. The average molecular weight is 266 g/mol. The Bertz CT molecular complexity index is 608. The van der Waals surface area contributed by atoms with Crippen LogP contribution in [0.4, 0.5) is 0 Å². The second-order valence-corrected chi connectivity index (χ2v) is 5.58. The van der Waals surface area contributed by atoms with E-state index < -0.39 is 0 Å². The molecular formula is C19H22O. The van der Waals surface area contributed by atoms with Gasteiger partial charge in [-0.1, -0.05) is 61.9 Å². The van der Waals surface area contributed by atoms with Gasteiger partial charge in [-0.2, -0.15) is 0 Å². The maximum atomic E-state index is 12.5. The summed E-state index contributed by atoms with van der Waals surface area (Å²) >= 11 is 0. The topological polar surface area (TPSA) is 17.1 Å². The third kappa shape index (κ3) is 2.98. The van der Waals surface area contributed by atoms with Crippen LogP contribution in [0.3, 0.4) is 0 Å². The summed E-state index contributed by atoms with van der Waals surface area (Å²) in [5, 5.41) is 0. The molecule has 0 radical (unpaired) electrons. The van der Waals surface area contributed by atoms with Crippen LogP contribution in [-0.4, -0.2) is 5.78 Å². The van der Waals surface area contributed by atoms with Crippen molar-refractivity contribution in [3.8, 4) is 0 Å². The van der Waals surface area contributed by atoms with Gasteiger partial charge in [-0.3, -0.25) is 4.79 Å². The van der Waals surface area contributed by atoms with E-state index in [9.17, 15) is 4.79 Å². The van der Waals surface area contributed by atoms with Gasteiger partial charge in [-0.05, 0) is 37.3 Å². The molecule has 1 nitrogen and oxygen atoms in total. The molecule has 0 bridgehead atoms. The molecule has 0 N–H and O–H groups in total. The Kier molecular flexibility index (Phi) is 4.39. The molecule has 1 unspecified atom stereocenters. The predicted octanol–water partition coefficient (Wildman–Crippen LogP) is 5.05. The normalized spacial score (nSPS) is 12.2. The van der Waals surface area contributed by atoms with Crippen LogP contribution in [0, 0.1) is 13.8 Å². The van der Waals surface area contributed by atoms with Gasteiger partial charge >= 0.3 is 0 Å². The minimum absolute atomic E-state index is 0.109. The van der Waals surface area contributed by atoms with Gasteiger partial charge in [0.2, 0.25) is 0 Å². The Morgan fingerprint density at radius 3 is 2.25 bits per heavy atom. The first kappa shape index (κ1) is 14.5. The van der Waals surface area contributed by atoms with E-state index in [4.69, 9.17) is 0 Å². The predicted molar refractivity (Wildman–Crippen MR) is 84.5 cm³/mol.